The summed E-state index contributed by atoms with van der Waals surface area (Å²) in [5, 5.41) is 34.7. The zero-order valence-corrected chi connectivity index (χ0v) is 71.5. The highest BCUT2D eigenvalue weighted by Gasteiger charge is 2.26. The molecule has 0 bridgehead atoms. The third-order valence-electron chi connectivity index (χ3n) is 17.4. The van der Waals surface area contributed by atoms with Gasteiger partial charge in [0.2, 0.25) is 0 Å². The number of nitrogens with zero attached hydrogens (tertiary/aromatic N) is 4. The van der Waals surface area contributed by atoms with Crippen LogP contribution >= 0.6 is 0 Å². The number of hydrogen-bond donors (Lipinski definition) is 4. The van der Waals surface area contributed by atoms with Crippen LogP contribution in [-0.4, -0.2) is 202 Å². The average Bonchev–Trinajstić information content (AvgIpc) is 0.815. The second-order valence-corrected chi connectivity index (χ2v) is 27.2. The second-order valence-electron chi connectivity index (χ2n) is 27.2. The molecule has 2 aliphatic rings. The van der Waals surface area contributed by atoms with E-state index in [4.69, 9.17) is 86.7 Å². The predicted octanol–water partition coefficient (Wildman–Crippen LogP) is 15.6. The van der Waals surface area contributed by atoms with Gasteiger partial charge in [0.1, 0.15) is 26.9 Å². The Bertz CT molecular complexity index is 3090. The Balaban J connectivity index is 0.000000480. The van der Waals surface area contributed by atoms with Gasteiger partial charge in [0.15, 0.2) is 0 Å². The molecule has 0 saturated carbocycles. The van der Waals surface area contributed by atoms with Gasteiger partial charge in [-0.2, -0.15) is 0 Å². The highest BCUT2D eigenvalue weighted by Crippen LogP contribution is 2.28. The van der Waals surface area contributed by atoms with Crippen LogP contribution in [0.4, 0.5) is 9.59 Å². The van der Waals surface area contributed by atoms with Gasteiger partial charge in [-0.3, -0.25) is 0 Å². The number of rotatable bonds is 47. The van der Waals surface area contributed by atoms with Crippen molar-refractivity contribution in [1.29, 1.82) is 0 Å². The van der Waals surface area contributed by atoms with Gasteiger partial charge in [-0.25, -0.2) is 9.59 Å². The van der Waals surface area contributed by atoms with E-state index in [-0.39, 0.29) is 38.7 Å². The topological polar surface area (TPSA) is 257 Å². The van der Waals surface area contributed by atoms with Gasteiger partial charge in [-0.15, -0.1) is 0 Å². The maximum atomic E-state index is 11.6. The van der Waals surface area contributed by atoms with Crippen molar-refractivity contribution in [2.75, 3.05) is 150 Å². The standard InChI is InChI=1S/C32H50O4.C14H22O4.C12H18O2.C10H14O2.C8H16N2O3.C8H10O2.C6H12N2O3/c1-5-9-13-33-23-27-17-28(24-34-14-10-6-2)20-31(19-27)32-21-29(25-35-15-11-7-3)18-30(22-32)26-36-16-12-8-4;1-15-7-11-5-13(9-17-3)14(10-18-4)6-12(11)8-16-2;1-3-13-9-11-6-5-7-12(8-11)10-14-4-2;1-11-7-9-4-3-5-10(6-9)8-12-2;1-12-6-9-4-3-5-10(7-13-2)8(9)11;9-5-7-2-1-3-8(4-7)6-10;9-4-7-2-1-3-8(5-10)6(7)11/h17-22H,5-16,23-26H2,1-4H3;5-6H,7-10H2,1-4H3;5-8H,3-4,9-10H2,1-2H3;3-6H,7-8H2,1-2H3;3-7H2,1-2H3;1-4,9-10H,5-6H2;9-10H,1-5H2. The minimum atomic E-state index is -0.291. The van der Waals surface area contributed by atoms with Crippen molar-refractivity contribution < 1.29 is 96.3 Å². The minimum absolute atomic E-state index is 0.00468. The monoisotopic (exact) mass is 1600 g/mol. The van der Waals surface area contributed by atoms with Crippen molar-refractivity contribution in [2.45, 2.75) is 198 Å². The lowest BCUT2D eigenvalue weighted by atomic mass is 9.96. The molecule has 114 heavy (non-hydrogen) atoms. The molecule has 6 aromatic rings. The molecule has 0 spiro atoms. The minimum Gasteiger partial charge on any atom is -0.392 e. The molecular formula is C90H142N4O20. The number of amides is 4. The summed E-state index contributed by atoms with van der Waals surface area (Å²) in [4.78, 5) is 28.6. The maximum absolute atomic E-state index is 11.6. The zero-order chi connectivity index (χ0) is 83.6. The molecule has 4 N–H and O–H groups in total. The molecule has 4 amide bonds. The summed E-state index contributed by atoms with van der Waals surface area (Å²) in [5.74, 6) is 0. The summed E-state index contributed by atoms with van der Waals surface area (Å²) >= 11 is 0. The SMILES string of the molecule is CCCCOCc1cc(COCCCC)cc(-c2cc(COCCCC)cc(COCCCC)c2)c1.CCOCc1cccc(COCC)c1.COCN1CCCN(COC)C1=O.COCc1cc(COC)c(COC)cc1COC.COCc1cccc(COC)c1.O=C1N(CO)CCCN1CO.OCc1cccc(CO)c1. The number of aliphatic hydroxyl groups is 4. The maximum Gasteiger partial charge on any atom is 0.323 e. The van der Waals surface area contributed by atoms with E-state index in [2.05, 4.69) is 100 Å². The number of benzene rings is 6. The van der Waals surface area contributed by atoms with Crippen LogP contribution < -0.4 is 0 Å². The van der Waals surface area contributed by atoms with Crippen LogP contribution in [-0.2, 0) is 159 Å². The average molecular weight is 1600 g/mol. The van der Waals surface area contributed by atoms with Crippen LogP contribution in [0.3, 0.4) is 0 Å². The van der Waals surface area contributed by atoms with Gasteiger partial charge >= 0.3 is 12.1 Å². The van der Waals surface area contributed by atoms with E-state index in [0.717, 1.165) is 150 Å². The third-order valence-corrected chi connectivity index (χ3v) is 17.4. The van der Waals surface area contributed by atoms with Crippen LogP contribution in [0, 0.1) is 0 Å². The third kappa shape index (κ3) is 45.0. The summed E-state index contributed by atoms with van der Waals surface area (Å²) in [6, 6.07) is 41.2. The van der Waals surface area contributed by atoms with Gasteiger partial charge < -0.3 is 106 Å². The van der Waals surface area contributed by atoms with Crippen LogP contribution in [0.25, 0.3) is 11.1 Å². The molecule has 2 heterocycles. The van der Waals surface area contributed by atoms with Crippen molar-refractivity contribution in [1.82, 2.24) is 19.6 Å². The van der Waals surface area contributed by atoms with Crippen molar-refractivity contribution >= 4 is 12.1 Å². The number of carbonyl (C=O) groups is 2. The van der Waals surface area contributed by atoms with E-state index in [0.29, 0.717) is 106 Å². The van der Waals surface area contributed by atoms with Gasteiger partial charge in [0.25, 0.3) is 0 Å². The van der Waals surface area contributed by atoms with E-state index in [9.17, 15) is 9.59 Å². The number of carbonyl (C=O) groups excluding carboxylic acids is 2. The van der Waals surface area contributed by atoms with Crippen LogP contribution in [0.2, 0.25) is 0 Å². The molecule has 24 nitrogen and oxygen atoms in total. The Kier molecular flexibility index (Phi) is 61.8. The first-order valence-corrected chi connectivity index (χ1v) is 40.2. The Hall–Kier alpha value is -6.86. The number of aliphatic hydroxyl groups excluding tert-OH is 4. The van der Waals surface area contributed by atoms with E-state index in [1.165, 1.54) is 65.4 Å². The highest BCUT2D eigenvalue weighted by molar-refractivity contribution is 5.75. The predicted molar refractivity (Wildman–Crippen MR) is 447 cm³/mol. The zero-order valence-electron chi connectivity index (χ0n) is 71.5. The smallest absolute Gasteiger partial charge is 0.323 e. The Morgan fingerprint density at radius 1 is 0.289 bits per heavy atom. The molecule has 0 atom stereocenters. The van der Waals surface area contributed by atoms with Gasteiger partial charge in [-0.05, 0) is 166 Å². The van der Waals surface area contributed by atoms with Crippen LogP contribution in [0.5, 0.6) is 0 Å². The quantitative estimate of drug-likeness (QED) is 0.0259. The number of unbranched alkanes of at least 4 members (excludes halogenated alkanes) is 4. The van der Waals surface area contributed by atoms with Crippen LogP contribution in [0.1, 0.15) is 184 Å². The molecular weight excluding hydrogens is 1460 g/mol. The van der Waals surface area contributed by atoms with Crippen LogP contribution in [0.15, 0.2) is 121 Å². The fourth-order valence-corrected chi connectivity index (χ4v) is 11.6. The lowest BCUT2D eigenvalue weighted by Gasteiger charge is -2.34. The number of ether oxygens (including phenoxy) is 14. The van der Waals surface area contributed by atoms with Crippen molar-refractivity contribution in [3.8, 4) is 11.1 Å². The molecule has 6 aromatic carbocycles. The van der Waals surface area contributed by atoms with E-state index in [1.807, 2.05) is 56.3 Å². The largest absolute Gasteiger partial charge is 0.392 e. The molecule has 2 saturated heterocycles. The van der Waals surface area contributed by atoms with Crippen molar-refractivity contribution in [3.05, 3.63) is 199 Å². The van der Waals surface area contributed by atoms with E-state index >= 15 is 0 Å². The lowest BCUT2D eigenvalue weighted by molar-refractivity contribution is 0.0166. The molecule has 2 aliphatic heterocycles. The van der Waals surface area contributed by atoms with Gasteiger partial charge in [0, 0.05) is 123 Å². The van der Waals surface area contributed by atoms with Gasteiger partial charge in [-0.1, -0.05) is 150 Å². The Morgan fingerprint density at radius 3 is 0.807 bits per heavy atom. The summed E-state index contributed by atoms with van der Waals surface area (Å²) in [6.45, 7) is 27.9. The fraction of sp³-hybridized carbons (Fsp3) is 0.578. The normalized spacial score (nSPS) is 12.4. The molecule has 0 unspecified atom stereocenters. The first-order chi connectivity index (χ1) is 55.6. The molecule has 8 rings (SSSR count). The van der Waals surface area contributed by atoms with Crippen molar-refractivity contribution in [3.63, 3.8) is 0 Å². The first-order valence-electron chi connectivity index (χ1n) is 40.2. The number of hydrogen-bond acceptors (Lipinski definition) is 20. The Morgan fingerprint density at radius 2 is 0.544 bits per heavy atom. The molecule has 24 heteroatoms. The highest BCUT2D eigenvalue weighted by atomic mass is 16.5. The molecule has 0 aromatic heterocycles. The molecule has 642 valence electrons. The van der Waals surface area contributed by atoms with E-state index < -0.39 is 0 Å². The Labute approximate surface area is 683 Å². The first kappa shape index (κ1) is 103. The summed E-state index contributed by atoms with van der Waals surface area (Å²) in [5.41, 5.74) is 18.2. The summed E-state index contributed by atoms with van der Waals surface area (Å²) < 4.78 is 75.3. The molecule has 2 fully saturated rings. The van der Waals surface area contributed by atoms with E-state index in [1.54, 1.807) is 72.7 Å². The number of methoxy groups -OCH3 is 8. The van der Waals surface area contributed by atoms with Gasteiger partial charge in [0.05, 0.1) is 92.5 Å². The fourth-order valence-electron chi connectivity index (χ4n) is 11.6. The van der Waals surface area contributed by atoms with Crippen molar-refractivity contribution in [2.24, 2.45) is 0 Å². The molecule has 0 aliphatic carbocycles. The lowest BCUT2D eigenvalue weighted by Crippen LogP contribution is -2.50. The molecule has 0 radical (unpaired) electrons. The summed E-state index contributed by atoms with van der Waals surface area (Å²) in [7, 11) is 13.3. The summed E-state index contributed by atoms with van der Waals surface area (Å²) in [6.07, 6.45) is 10.7. The number of urea groups is 2. The second kappa shape index (κ2) is 68.2.